The van der Waals surface area contributed by atoms with Crippen LogP contribution in [-0.4, -0.2) is 0 Å². The van der Waals surface area contributed by atoms with Gasteiger partial charge in [0.15, 0.2) is 0 Å². The van der Waals surface area contributed by atoms with E-state index in [1.807, 2.05) is 0 Å². The molecule has 0 aromatic carbocycles. The summed E-state index contributed by atoms with van der Waals surface area (Å²) in [6.45, 7) is 19.8. The highest BCUT2D eigenvalue weighted by Gasteiger charge is 2.55. The quantitative estimate of drug-likeness (QED) is 0.562. The van der Waals surface area contributed by atoms with Gasteiger partial charge in [0.1, 0.15) is 0 Å². The minimum absolute atomic E-state index is 0.497. The lowest BCUT2D eigenvalue weighted by Gasteiger charge is -2.61. The van der Waals surface area contributed by atoms with Crippen molar-refractivity contribution in [2.75, 3.05) is 0 Å². The first-order valence-corrected chi connectivity index (χ1v) is 8.24. The molecule has 0 aromatic heterocycles. The van der Waals surface area contributed by atoms with Gasteiger partial charge in [-0.1, -0.05) is 61.8 Å². The SMILES string of the molecule is CCC(C)C1C(C)CCC(C)(C)C1(CC)C(C)C. The molecule has 0 heterocycles. The summed E-state index contributed by atoms with van der Waals surface area (Å²) in [4.78, 5) is 0. The Morgan fingerprint density at radius 1 is 1.11 bits per heavy atom. The number of rotatable bonds is 4. The molecule has 1 fully saturated rings. The average Bonchev–Trinajstić information content (AvgIpc) is 2.30. The molecule has 1 rings (SSSR count). The lowest BCUT2D eigenvalue weighted by atomic mass is 9.43. The molecule has 1 aliphatic rings. The Hall–Kier alpha value is 0. The van der Waals surface area contributed by atoms with E-state index in [9.17, 15) is 0 Å². The third-order valence-corrected chi connectivity index (χ3v) is 6.56. The minimum atomic E-state index is 0.497. The van der Waals surface area contributed by atoms with Crippen molar-refractivity contribution in [1.82, 2.24) is 0 Å². The average molecular weight is 252 g/mol. The second-order valence-electron chi connectivity index (χ2n) is 7.86. The summed E-state index contributed by atoms with van der Waals surface area (Å²) in [5.41, 5.74) is 1.02. The molecule has 0 spiro atoms. The maximum absolute atomic E-state index is 2.54. The summed E-state index contributed by atoms with van der Waals surface area (Å²) in [5.74, 6) is 3.45. The lowest BCUT2D eigenvalue weighted by molar-refractivity contribution is -0.128. The van der Waals surface area contributed by atoms with E-state index >= 15 is 0 Å². The van der Waals surface area contributed by atoms with Crippen molar-refractivity contribution >= 4 is 0 Å². The predicted molar refractivity (Wildman–Crippen MR) is 82.7 cm³/mol. The first-order chi connectivity index (χ1) is 8.24. The van der Waals surface area contributed by atoms with Gasteiger partial charge in [0.25, 0.3) is 0 Å². The van der Waals surface area contributed by atoms with Gasteiger partial charge in [-0.15, -0.1) is 0 Å². The molecule has 4 unspecified atom stereocenters. The van der Waals surface area contributed by atoms with Crippen molar-refractivity contribution in [3.05, 3.63) is 0 Å². The Morgan fingerprint density at radius 2 is 1.67 bits per heavy atom. The first-order valence-electron chi connectivity index (χ1n) is 8.24. The molecular formula is C18H36. The van der Waals surface area contributed by atoms with Gasteiger partial charge in [-0.2, -0.15) is 0 Å². The van der Waals surface area contributed by atoms with E-state index in [0.717, 1.165) is 23.7 Å². The predicted octanol–water partition coefficient (Wildman–Crippen LogP) is 6.16. The first kappa shape index (κ1) is 16.1. The third kappa shape index (κ3) is 2.25. The zero-order valence-electron chi connectivity index (χ0n) is 14.1. The fraction of sp³-hybridized carbons (Fsp3) is 1.00. The van der Waals surface area contributed by atoms with Gasteiger partial charge < -0.3 is 0 Å². The van der Waals surface area contributed by atoms with Crippen LogP contribution in [0.3, 0.4) is 0 Å². The van der Waals surface area contributed by atoms with E-state index in [4.69, 9.17) is 0 Å². The topological polar surface area (TPSA) is 0 Å². The van der Waals surface area contributed by atoms with E-state index in [2.05, 4.69) is 55.4 Å². The van der Waals surface area contributed by atoms with Crippen molar-refractivity contribution in [2.45, 2.75) is 81.1 Å². The van der Waals surface area contributed by atoms with Gasteiger partial charge in [0.05, 0.1) is 0 Å². The van der Waals surface area contributed by atoms with Crippen LogP contribution in [0, 0.1) is 34.5 Å². The molecule has 0 heteroatoms. The van der Waals surface area contributed by atoms with Crippen molar-refractivity contribution in [3.8, 4) is 0 Å². The van der Waals surface area contributed by atoms with Gasteiger partial charge in [-0.25, -0.2) is 0 Å². The fourth-order valence-electron chi connectivity index (χ4n) is 5.57. The second kappa shape index (κ2) is 5.55. The Kier molecular flexibility index (Phi) is 4.95. The summed E-state index contributed by atoms with van der Waals surface area (Å²) in [6.07, 6.45) is 5.51. The van der Waals surface area contributed by atoms with Gasteiger partial charge in [-0.05, 0) is 53.8 Å². The van der Waals surface area contributed by atoms with Crippen LogP contribution < -0.4 is 0 Å². The summed E-state index contributed by atoms with van der Waals surface area (Å²) in [7, 11) is 0. The van der Waals surface area contributed by atoms with E-state index in [1.165, 1.54) is 25.7 Å². The standard InChI is InChI=1S/C18H36/c1-9-14(5)16-15(6)11-12-17(7,8)18(16,10-2)13(3)4/h13-16H,9-12H2,1-8H3. The molecule has 4 atom stereocenters. The fourth-order valence-corrected chi connectivity index (χ4v) is 5.57. The Bertz CT molecular complexity index is 259. The van der Waals surface area contributed by atoms with E-state index in [-0.39, 0.29) is 0 Å². The Balaban J connectivity index is 3.29. The van der Waals surface area contributed by atoms with Crippen molar-refractivity contribution in [3.63, 3.8) is 0 Å². The molecule has 0 N–H and O–H groups in total. The lowest BCUT2D eigenvalue weighted by Crippen LogP contribution is -2.54. The van der Waals surface area contributed by atoms with Crippen LogP contribution in [0.5, 0.6) is 0 Å². The molecule has 0 aromatic rings. The normalized spacial score (nSPS) is 37.8. The van der Waals surface area contributed by atoms with Crippen LogP contribution in [0.1, 0.15) is 81.1 Å². The zero-order valence-corrected chi connectivity index (χ0v) is 14.1. The molecule has 18 heavy (non-hydrogen) atoms. The highest BCUT2D eigenvalue weighted by atomic mass is 14.6. The molecule has 0 nitrogen and oxygen atoms in total. The Morgan fingerprint density at radius 3 is 2.06 bits per heavy atom. The second-order valence-corrected chi connectivity index (χ2v) is 7.86. The molecule has 0 radical (unpaired) electrons. The van der Waals surface area contributed by atoms with Crippen molar-refractivity contribution in [1.29, 1.82) is 0 Å². The van der Waals surface area contributed by atoms with Crippen LogP contribution >= 0.6 is 0 Å². The van der Waals surface area contributed by atoms with Gasteiger partial charge in [-0.3, -0.25) is 0 Å². The van der Waals surface area contributed by atoms with Gasteiger partial charge in [0, 0.05) is 0 Å². The van der Waals surface area contributed by atoms with Crippen molar-refractivity contribution in [2.24, 2.45) is 34.5 Å². The molecule has 0 saturated heterocycles. The van der Waals surface area contributed by atoms with Crippen LogP contribution in [0.4, 0.5) is 0 Å². The van der Waals surface area contributed by atoms with Crippen LogP contribution in [-0.2, 0) is 0 Å². The molecule has 0 amide bonds. The molecule has 0 aliphatic heterocycles. The maximum Gasteiger partial charge on any atom is -0.0192 e. The summed E-state index contributed by atoms with van der Waals surface area (Å²) in [5, 5.41) is 0. The molecule has 1 saturated carbocycles. The van der Waals surface area contributed by atoms with E-state index in [0.29, 0.717) is 10.8 Å². The molecular weight excluding hydrogens is 216 g/mol. The highest BCUT2D eigenvalue weighted by molar-refractivity contribution is 5.04. The van der Waals surface area contributed by atoms with Crippen molar-refractivity contribution < 1.29 is 0 Å². The van der Waals surface area contributed by atoms with Crippen LogP contribution in [0.2, 0.25) is 0 Å². The van der Waals surface area contributed by atoms with Crippen LogP contribution in [0.25, 0.3) is 0 Å². The van der Waals surface area contributed by atoms with Gasteiger partial charge in [0.2, 0.25) is 0 Å². The maximum atomic E-state index is 2.54. The Labute approximate surface area is 116 Å². The van der Waals surface area contributed by atoms with Gasteiger partial charge >= 0.3 is 0 Å². The minimum Gasteiger partial charge on any atom is -0.0651 e. The summed E-state index contributed by atoms with van der Waals surface area (Å²) in [6, 6.07) is 0. The highest BCUT2D eigenvalue weighted by Crippen LogP contribution is 2.63. The third-order valence-electron chi connectivity index (χ3n) is 6.56. The summed E-state index contributed by atoms with van der Waals surface area (Å²) >= 11 is 0. The van der Waals surface area contributed by atoms with E-state index < -0.39 is 0 Å². The largest absolute Gasteiger partial charge is 0.0651 e. The zero-order chi connectivity index (χ0) is 14.1. The monoisotopic (exact) mass is 252 g/mol. The van der Waals surface area contributed by atoms with Crippen LogP contribution in [0.15, 0.2) is 0 Å². The molecule has 108 valence electrons. The smallest absolute Gasteiger partial charge is 0.0192 e. The number of hydrogen-bond acceptors (Lipinski definition) is 0. The van der Waals surface area contributed by atoms with E-state index in [1.54, 1.807) is 0 Å². The summed E-state index contributed by atoms with van der Waals surface area (Å²) < 4.78 is 0. The molecule has 0 bridgehead atoms. The number of hydrogen-bond donors (Lipinski definition) is 0. The molecule has 1 aliphatic carbocycles.